The molecule has 0 unspecified atom stereocenters. The number of nitrogens with zero attached hydrogens (tertiary/aromatic N) is 1. The molecule has 27 heavy (non-hydrogen) atoms. The number of piperidine rings is 1. The number of benzene rings is 1. The second-order valence-electron chi connectivity index (χ2n) is 6.99. The summed E-state index contributed by atoms with van der Waals surface area (Å²) in [5.74, 6) is -0.787. The first-order valence-corrected chi connectivity index (χ1v) is 10.8. The highest BCUT2D eigenvalue weighted by molar-refractivity contribution is 7.89. The quantitative estimate of drug-likeness (QED) is 0.677. The third-order valence-corrected chi connectivity index (χ3v) is 6.22. The lowest BCUT2D eigenvalue weighted by atomic mass is 10.1. The molecule has 0 radical (unpaired) electrons. The van der Waals surface area contributed by atoms with E-state index in [9.17, 15) is 18.0 Å². The zero-order valence-electron chi connectivity index (χ0n) is 15.9. The van der Waals surface area contributed by atoms with Crippen molar-refractivity contribution in [1.29, 1.82) is 0 Å². The Morgan fingerprint density at radius 3 is 2.33 bits per heavy atom. The summed E-state index contributed by atoms with van der Waals surface area (Å²) in [6.07, 6.45) is 3.42. The van der Waals surface area contributed by atoms with Crippen molar-refractivity contribution in [3.63, 3.8) is 0 Å². The minimum atomic E-state index is -3.44. The van der Waals surface area contributed by atoms with E-state index >= 15 is 0 Å². The molecule has 0 aliphatic carbocycles. The predicted molar refractivity (Wildman–Crippen MR) is 102 cm³/mol. The second kappa shape index (κ2) is 9.85. The van der Waals surface area contributed by atoms with E-state index in [0.717, 1.165) is 24.8 Å². The molecule has 1 fully saturated rings. The molecule has 0 bridgehead atoms. The lowest BCUT2D eigenvalue weighted by Gasteiger charge is -2.25. The Morgan fingerprint density at radius 1 is 1.11 bits per heavy atom. The molecule has 1 aliphatic heterocycles. The molecule has 0 saturated carbocycles. The number of amides is 1. The van der Waals surface area contributed by atoms with Crippen LogP contribution in [0, 0.1) is 0 Å². The summed E-state index contributed by atoms with van der Waals surface area (Å²) in [4.78, 5) is 23.5. The highest BCUT2D eigenvalue weighted by atomic mass is 32.2. The Hall–Kier alpha value is -1.93. The molecule has 1 aromatic carbocycles. The maximum atomic E-state index is 12.6. The first-order chi connectivity index (χ1) is 12.8. The van der Waals surface area contributed by atoms with Crippen LogP contribution in [-0.4, -0.2) is 50.3 Å². The Kier molecular flexibility index (Phi) is 7.79. The van der Waals surface area contributed by atoms with E-state index in [1.165, 1.54) is 4.31 Å². The molecule has 0 atom stereocenters. The van der Waals surface area contributed by atoms with Crippen molar-refractivity contribution in [3.8, 4) is 0 Å². The molecule has 2 rings (SSSR count). The lowest BCUT2D eigenvalue weighted by molar-refractivity contribution is -0.148. The lowest BCUT2D eigenvalue weighted by Crippen LogP contribution is -2.35. The number of carbonyl (C=O) groups excluding carboxylic acids is 2. The summed E-state index contributed by atoms with van der Waals surface area (Å²) in [5.41, 5.74) is 0.844. The molecule has 1 saturated heterocycles. The van der Waals surface area contributed by atoms with Crippen molar-refractivity contribution in [2.75, 3.05) is 19.7 Å². The molecular weight excluding hydrogens is 368 g/mol. The predicted octanol–water partition coefficient (Wildman–Crippen LogP) is 1.86. The molecule has 150 valence electrons. The fourth-order valence-electron chi connectivity index (χ4n) is 2.91. The molecule has 0 aromatic heterocycles. The Balaban J connectivity index is 1.83. The van der Waals surface area contributed by atoms with Gasteiger partial charge in [0.2, 0.25) is 10.0 Å². The molecule has 1 aromatic rings. The van der Waals surface area contributed by atoms with Crippen LogP contribution in [-0.2, 0) is 30.8 Å². The summed E-state index contributed by atoms with van der Waals surface area (Å²) < 4.78 is 31.7. The maximum absolute atomic E-state index is 12.6. The minimum absolute atomic E-state index is 0.00377. The Morgan fingerprint density at radius 2 is 1.74 bits per heavy atom. The van der Waals surface area contributed by atoms with Crippen LogP contribution in [0.1, 0.15) is 45.1 Å². The fraction of sp³-hybridized carbons (Fsp3) is 0.579. The van der Waals surface area contributed by atoms with Gasteiger partial charge in [-0.1, -0.05) is 18.6 Å². The van der Waals surface area contributed by atoms with Crippen molar-refractivity contribution in [3.05, 3.63) is 29.8 Å². The standard InChI is InChI=1S/C19H28N2O5S/c1-15(2)20-18(22)14-26-19(23)11-8-16-6-9-17(10-7-16)27(24,25)21-12-4-3-5-13-21/h6-7,9-10,15H,3-5,8,11-14H2,1-2H3,(H,20,22). The number of rotatable bonds is 8. The van der Waals surface area contributed by atoms with Crippen LogP contribution in [0.5, 0.6) is 0 Å². The zero-order valence-corrected chi connectivity index (χ0v) is 16.8. The average Bonchev–Trinajstić information content (AvgIpc) is 2.65. The van der Waals surface area contributed by atoms with Gasteiger partial charge in [0.05, 0.1) is 4.90 Å². The highest BCUT2D eigenvalue weighted by Gasteiger charge is 2.25. The van der Waals surface area contributed by atoms with E-state index in [1.807, 2.05) is 13.8 Å². The number of hydrogen-bond donors (Lipinski definition) is 1. The molecule has 1 heterocycles. The molecular formula is C19H28N2O5S. The topological polar surface area (TPSA) is 92.8 Å². The number of sulfonamides is 1. The number of ether oxygens (including phenoxy) is 1. The number of aryl methyl sites for hydroxylation is 1. The SMILES string of the molecule is CC(C)NC(=O)COC(=O)CCc1ccc(S(=O)(=O)N2CCCCC2)cc1. The Labute approximate surface area is 161 Å². The van der Waals surface area contributed by atoms with Crippen molar-refractivity contribution >= 4 is 21.9 Å². The van der Waals surface area contributed by atoms with E-state index in [-0.39, 0.29) is 29.9 Å². The third kappa shape index (κ3) is 6.62. The van der Waals surface area contributed by atoms with Gasteiger partial charge in [-0.15, -0.1) is 0 Å². The second-order valence-corrected chi connectivity index (χ2v) is 8.93. The fourth-order valence-corrected chi connectivity index (χ4v) is 4.43. The van der Waals surface area contributed by atoms with Gasteiger partial charge in [-0.05, 0) is 50.8 Å². The van der Waals surface area contributed by atoms with Crippen LogP contribution >= 0.6 is 0 Å². The summed E-state index contributed by atoms with van der Waals surface area (Å²) in [6, 6.07) is 6.60. The third-order valence-electron chi connectivity index (χ3n) is 4.31. The number of carbonyl (C=O) groups is 2. The number of nitrogens with one attached hydrogen (secondary N) is 1. The molecule has 8 heteroatoms. The molecule has 1 aliphatic rings. The van der Waals surface area contributed by atoms with Crippen molar-refractivity contribution < 1.29 is 22.7 Å². The largest absolute Gasteiger partial charge is 0.456 e. The normalized spacial score (nSPS) is 15.5. The van der Waals surface area contributed by atoms with Crippen LogP contribution in [0.15, 0.2) is 29.2 Å². The molecule has 1 amide bonds. The summed E-state index contributed by atoms with van der Waals surface area (Å²) >= 11 is 0. The van der Waals surface area contributed by atoms with Gasteiger partial charge in [0.25, 0.3) is 5.91 Å². The highest BCUT2D eigenvalue weighted by Crippen LogP contribution is 2.21. The van der Waals surface area contributed by atoms with Gasteiger partial charge < -0.3 is 10.1 Å². The first-order valence-electron chi connectivity index (χ1n) is 9.33. The molecule has 7 nitrogen and oxygen atoms in total. The van der Waals surface area contributed by atoms with Gasteiger partial charge in [0, 0.05) is 25.6 Å². The van der Waals surface area contributed by atoms with Gasteiger partial charge in [-0.25, -0.2) is 8.42 Å². The number of hydrogen-bond acceptors (Lipinski definition) is 5. The van der Waals surface area contributed by atoms with Crippen molar-refractivity contribution in [2.45, 2.75) is 56.9 Å². The summed E-state index contributed by atoms with van der Waals surface area (Å²) in [7, 11) is -3.44. The van der Waals surface area contributed by atoms with Crippen LogP contribution < -0.4 is 5.32 Å². The molecule has 1 N–H and O–H groups in total. The average molecular weight is 397 g/mol. The van der Waals surface area contributed by atoms with Crippen molar-refractivity contribution in [2.24, 2.45) is 0 Å². The van der Waals surface area contributed by atoms with Gasteiger partial charge in [0.15, 0.2) is 6.61 Å². The van der Waals surface area contributed by atoms with E-state index in [4.69, 9.17) is 4.74 Å². The van der Waals surface area contributed by atoms with Crippen molar-refractivity contribution in [1.82, 2.24) is 9.62 Å². The zero-order chi connectivity index (χ0) is 19.9. The van der Waals surface area contributed by atoms with E-state index in [2.05, 4.69) is 5.32 Å². The first kappa shape index (κ1) is 21.4. The van der Waals surface area contributed by atoms with Crippen LogP contribution in [0.25, 0.3) is 0 Å². The van der Waals surface area contributed by atoms with Gasteiger partial charge in [-0.2, -0.15) is 4.31 Å². The Bertz CT molecular complexity index is 738. The van der Waals surface area contributed by atoms with Gasteiger partial charge in [0.1, 0.15) is 0 Å². The smallest absolute Gasteiger partial charge is 0.306 e. The van der Waals surface area contributed by atoms with Crippen LogP contribution in [0.4, 0.5) is 0 Å². The van der Waals surface area contributed by atoms with Crippen LogP contribution in [0.3, 0.4) is 0 Å². The molecule has 0 spiro atoms. The van der Waals surface area contributed by atoms with Gasteiger partial charge >= 0.3 is 5.97 Å². The maximum Gasteiger partial charge on any atom is 0.306 e. The van der Waals surface area contributed by atoms with E-state index in [1.54, 1.807) is 24.3 Å². The van der Waals surface area contributed by atoms with E-state index < -0.39 is 16.0 Å². The van der Waals surface area contributed by atoms with Gasteiger partial charge in [-0.3, -0.25) is 9.59 Å². The van der Waals surface area contributed by atoms with E-state index in [0.29, 0.717) is 19.5 Å². The minimum Gasteiger partial charge on any atom is -0.456 e. The summed E-state index contributed by atoms with van der Waals surface area (Å²) in [6.45, 7) is 4.51. The number of esters is 1. The summed E-state index contributed by atoms with van der Waals surface area (Å²) in [5, 5.41) is 2.64. The van der Waals surface area contributed by atoms with Crippen LogP contribution in [0.2, 0.25) is 0 Å². The monoisotopic (exact) mass is 396 g/mol.